The summed E-state index contributed by atoms with van der Waals surface area (Å²) in [4.78, 5) is 4.33. The maximum Gasteiger partial charge on any atom is 0.140 e. The predicted octanol–water partition coefficient (Wildman–Crippen LogP) is 3.91. The van der Waals surface area contributed by atoms with Crippen molar-refractivity contribution in [3.63, 3.8) is 0 Å². The van der Waals surface area contributed by atoms with Crippen LogP contribution in [0.3, 0.4) is 0 Å². The number of benzene rings is 2. The van der Waals surface area contributed by atoms with E-state index in [1.807, 2.05) is 60.7 Å². The van der Waals surface area contributed by atoms with E-state index in [-0.39, 0.29) is 0 Å². The first kappa shape index (κ1) is 12.2. The van der Waals surface area contributed by atoms with Crippen LogP contribution in [-0.4, -0.2) is 4.98 Å². The van der Waals surface area contributed by atoms with Gasteiger partial charge in [-0.3, -0.25) is 4.98 Å². The molecule has 1 aromatic heterocycles. The molecule has 20 heavy (non-hydrogen) atoms. The van der Waals surface area contributed by atoms with Crippen molar-refractivity contribution in [2.45, 2.75) is 6.04 Å². The van der Waals surface area contributed by atoms with E-state index >= 15 is 0 Å². The molecule has 1 heterocycles. The molecule has 0 aliphatic carbocycles. The van der Waals surface area contributed by atoms with Crippen LogP contribution in [0, 0.1) is 11.3 Å². The van der Waals surface area contributed by atoms with Gasteiger partial charge in [-0.2, -0.15) is 5.26 Å². The number of rotatable bonds is 3. The maximum absolute atomic E-state index is 9.47. The third kappa shape index (κ3) is 2.32. The van der Waals surface area contributed by atoms with E-state index in [0.717, 1.165) is 22.2 Å². The van der Waals surface area contributed by atoms with Gasteiger partial charge in [0.25, 0.3) is 0 Å². The Kier molecular flexibility index (Phi) is 3.30. The van der Waals surface area contributed by atoms with E-state index in [9.17, 15) is 5.26 Å². The minimum atomic E-state index is -0.398. The number of para-hydroxylation sites is 2. The highest BCUT2D eigenvalue weighted by Crippen LogP contribution is 2.25. The van der Waals surface area contributed by atoms with Crippen LogP contribution in [-0.2, 0) is 0 Å². The highest BCUT2D eigenvalue weighted by molar-refractivity contribution is 5.83. The first-order chi connectivity index (χ1) is 9.88. The number of pyridine rings is 1. The van der Waals surface area contributed by atoms with Crippen molar-refractivity contribution < 1.29 is 0 Å². The highest BCUT2D eigenvalue weighted by atomic mass is 14.9. The summed E-state index contributed by atoms with van der Waals surface area (Å²) in [6, 6.07) is 21.4. The third-order valence-corrected chi connectivity index (χ3v) is 3.21. The van der Waals surface area contributed by atoms with Crippen LogP contribution in [0.25, 0.3) is 10.9 Å². The second-order valence-electron chi connectivity index (χ2n) is 4.49. The molecule has 0 fully saturated rings. The molecule has 1 unspecified atom stereocenters. The lowest BCUT2D eigenvalue weighted by Gasteiger charge is -2.15. The zero-order valence-electron chi connectivity index (χ0n) is 10.8. The number of aromatic nitrogens is 1. The minimum absolute atomic E-state index is 0.398. The normalized spacial score (nSPS) is 11.8. The van der Waals surface area contributed by atoms with E-state index in [0.29, 0.717) is 0 Å². The molecule has 0 aliphatic rings. The molecule has 0 saturated heterocycles. The van der Waals surface area contributed by atoms with Crippen molar-refractivity contribution in [3.05, 3.63) is 72.4 Å². The average molecular weight is 259 g/mol. The predicted molar refractivity (Wildman–Crippen MR) is 80.2 cm³/mol. The SMILES string of the molecule is N#CC(Nc1ccccc1)c1ccnc2ccccc12. The number of nitrogens with zero attached hydrogens (tertiary/aromatic N) is 2. The van der Waals surface area contributed by atoms with Crippen LogP contribution in [0.5, 0.6) is 0 Å². The molecule has 1 atom stereocenters. The number of anilines is 1. The number of hydrogen-bond acceptors (Lipinski definition) is 3. The first-order valence-corrected chi connectivity index (χ1v) is 6.43. The van der Waals surface area contributed by atoms with Crippen LogP contribution < -0.4 is 5.32 Å². The van der Waals surface area contributed by atoms with Crippen LogP contribution in [0.15, 0.2) is 66.9 Å². The van der Waals surface area contributed by atoms with E-state index in [1.165, 1.54) is 0 Å². The molecule has 3 aromatic rings. The lowest BCUT2D eigenvalue weighted by molar-refractivity contribution is 1.01. The summed E-state index contributed by atoms with van der Waals surface area (Å²) >= 11 is 0. The summed E-state index contributed by atoms with van der Waals surface area (Å²) in [7, 11) is 0. The van der Waals surface area contributed by atoms with Gasteiger partial charge in [0.05, 0.1) is 11.6 Å². The van der Waals surface area contributed by atoms with Gasteiger partial charge in [0.15, 0.2) is 0 Å². The summed E-state index contributed by atoms with van der Waals surface area (Å²) in [5, 5.41) is 13.7. The van der Waals surface area contributed by atoms with Gasteiger partial charge in [-0.15, -0.1) is 0 Å². The number of fused-ring (bicyclic) bond motifs is 1. The number of hydrogen-bond donors (Lipinski definition) is 1. The summed E-state index contributed by atoms with van der Waals surface area (Å²) in [6.07, 6.45) is 1.74. The molecule has 0 spiro atoms. The fourth-order valence-corrected chi connectivity index (χ4v) is 2.25. The van der Waals surface area contributed by atoms with Gasteiger partial charge < -0.3 is 5.32 Å². The monoisotopic (exact) mass is 259 g/mol. The second-order valence-corrected chi connectivity index (χ2v) is 4.49. The van der Waals surface area contributed by atoms with Gasteiger partial charge in [-0.25, -0.2) is 0 Å². The molecule has 0 saturated carbocycles. The van der Waals surface area contributed by atoms with E-state index < -0.39 is 6.04 Å². The molecule has 0 radical (unpaired) electrons. The zero-order valence-corrected chi connectivity index (χ0v) is 10.8. The van der Waals surface area contributed by atoms with Crippen LogP contribution >= 0.6 is 0 Å². The molecular weight excluding hydrogens is 246 g/mol. The number of nitriles is 1. The third-order valence-electron chi connectivity index (χ3n) is 3.21. The minimum Gasteiger partial charge on any atom is -0.366 e. The van der Waals surface area contributed by atoms with Crippen molar-refractivity contribution in [1.82, 2.24) is 4.98 Å². The van der Waals surface area contributed by atoms with Gasteiger partial charge in [0.1, 0.15) is 6.04 Å². The van der Waals surface area contributed by atoms with E-state index in [2.05, 4.69) is 16.4 Å². The fourth-order valence-electron chi connectivity index (χ4n) is 2.25. The lowest BCUT2D eigenvalue weighted by atomic mass is 10.0. The van der Waals surface area contributed by atoms with E-state index in [4.69, 9.17) is 0 Å². The smallest absolute Gasteiger partial charge is 0.140 e. The molecule has 1 N–H and O–H groups in total. The Hall–Kier alpha value is -2.86. The van der Waals surface area contributed by atoms with Gasteiger partial charge in [0, 0.05) is 17.3 Å². The van der Waals surface area contributed by atoms with Gasteiger partial charge in [-0.05, 0) is 29.8 Å². The number of nitrogens with one attached hydrogen (secondary N) is 1. The van der Waals surface area contributed by atoms with Crippen LogP contribution in [0.2, 0.25) is 0 Å². The summed E-state index contributed by atoms with van der Waals surface area (Å²) in [6.45, 7) is 0. The molecule has 2 aromatic carbocycles. The van der Waals surface area contributed by atoms with Gasteiger partial charge >= 0.3 is 0 Å². The van der Waals surface area contributed by atoms with Crippen molar-refractivity contribution in [2.75, 3.05) is 5.32 Å². The molecular formula is C17H13N3. The average Bonchev–Trinajstić information content (AvgIpc) is 2.53. The second kappa shape index (κ2) is 5.41. The summed E-state index contributed by atoms with van der Waals surface area (Å²) in [5.41, 5.74) is 2.78. The zero-order chi connectivity index (χ0) is 13.8. The molecule has 0 bridgehead atoms. The van der Waals surface area contributed by atoms with E-state index in [1.54, 1.807) is 6.20 Å². The van der Waals surface area contributed by atoms with Gasteiger partial charge in [0.2, 0.25) is 0 Å². The van der Waals surface area contributed by atoms with Crippen molar-refractivity contribution in [1.29, 1.82) is 5.26 Å². The molecule has 3 heteroatoms. The van der Waals surface area contributed by atoms with Crippen molar-refractivity contribution >= 4 is 16.6 Å². The van der Waals surface area contributed by atoms with Crippen molar-refractivity contribution in [3.8, 4) is 6.07 Å². The lowest BCUT2D eigenvalue weighted by Crippen LogP contribution is -2.09. The topological polar surface area (TPSA) is 48.7 Å². The molecule has 0 amide bonds. The van der Waals surface area contributed by atoms with Crippen molar-refractivity contribution in [2.24, 2.45) is 0 Å². The standard InChI is InChI=1S/C17H13N3/c18-12-17(20-13-6-2-1-3-7-13)15-10-11-19-16-9-5-4-8-14(15)16/h1-11,17,20H. The Bertz CT molecular complexity index is 755. The summed E-state index contributed by atoms with van der Waals surface area (Å²) < 4.78 is 0. The Balaban J connectivity index is 2.02. The summed E-state index contributed by atoms with van der Waals surface area (Å²) in [5.74, 6) is 0. The molecule has 3 rings (SSSR count). The maximum atomic E-state index is 9.47. The largest absolute Gasteiger partial charge is 0.366 e. The first-order valence-electron chi connectivity index (χ1n) is 6.43. The quantitative estimate of drug-likeness (QED) is 0.775. The Morgan fingerprint density at radius 3 is 2.50 bits per heavy atom. The molecule has 3 nitrogen and oxygen atoms in total. The molecule has 0 aliphatic heterocycles. The Morgan fingerprint density at radius 2 is 1.70 bits per heavy atom. The molecule has 96 valence electrons. The van der Waals surface area contributed by atoms with Crippen LogP contribution in [0.4, 0.5) is 5.69 Å². The van der Waals surface area contributed by atoms with Gasteiger partial charge in [-0.1, -0.05) is 36.4 Å². The fraction of sp³-hybridized carbons (Fsp3) is 0.0588. The van der Waals surface area contributed by atoms with Crippen LogP contribution in [0.1, 0.15) is 11.6 Å². The Labute approximate surface area is 117 Å². The highest BCUT2D eigenvalue weighted by Gasteiger charge is 2.13. The Morgan fingerprint density at radius 1 is 0.950 bits per heavy atom.